The van der Waals surface area contributed by atoms with Gasteiger partial charge < -0.3 is 15.8 Å². The number of anilines is 2. The van der Waals surface area contributed by atoms with Gasteiger partial charge in [0.05, 0.1) is 16.9 Å². The number of hydrogen-bond donors (Lipinski definition) is 3. The van der Waals surface area contributed by atoms with E-state index in [4.69, 9.17) is 10.8 Å². The zero-order valence-electron chi connectivity index (χ0n) is 10.9. The molecule has 0 atom stereocenters. The van der Waals surface area contributed by atoms with Crippen molar-refractivity contribution in [2.45, 2.75) is 0 Å². The zero-order valence-corrected chi connectivity index (χ0v) is 10.9. The number of nitrogens with one attached hydrogen (secondary N) is 1. The fraction of sp³-hybridized carbons (Fsp3) is 0.0714. The van der Waals surface area contributed by atoms with Crippen LogP contribution in [0.2, 0.25) is 0 Å². The van der Waals surface area contributed by atoms with Crippen molar-refractivity contribution in [3.8, 4) is 0 Å². The first-order valence-corrected chi connectivity index (χ1v) is 6.06. The smallest absolute Gasteiger partial charge is 0.323 e. The summed E-state index contributed by atoms with van der Waals surface area (Å²) in [5, 5.41) is 8.98. The number of H-pyrrole nitrogens is 1. The van der Waals surface area contributed by atoms with Crippen molar-refractivity contribution in [2.24, 2.45) is 0 Å². The van der Waals surface area contributed by atoms with Gasteiger partial charge in [0.15, 0.2) is 0 Å². The summed E-state index contributed by atoms with van der Waals surface area (Å²) < 4.78 is 0. The van der Waals surface area contributed by atoms with E-state index in [2.05, 4.69) is 4.98 Å². The van der Waals surface area contributed by atoms with Crippen molar-refractivity contribution < 1.29 is 14.7 Å². The molecule has 0 spiro atoms. The molecule has 0 saturated heterocycles. The third-order valence-corrected chi connectivity index (χ3v) is 2.80. The van der Waals surface area contributed by atoms with Crippen LogP contribution in [0.4, 0.5) is 11.4 Å². The van der Waals surface area contributed by atoms with Crippen molar-refractivity contribution in [3.05, 3.63) is 58.5 Å². The molecule has 0 saturated carbocycles. The van der Waals surface area contributed by atoms with Gasteiger partial charge in [-0.1, -0.05) is 12.1 Å². The molecule has 0 fully saturated rings. The quantitative estimate of drug-likeness (QED) is 0.715. The maximum absolute atomic E-state index is 12.4. The predicted octanol–water partition coefficient (Wildman–Crippen LogP) is 0.689. The minimum absolute atomic E-state index is 0.166. The highest BCUT2D eigenvalue weighted by Crippen LogP contribution is 2.23. The van der Waals surface area contributed by atoms with Crippen LogP contribution in [0, 0.1) is 0 Å². The Labute approximate surface area is 119 Å². The van der Waals surface area contributed by atoms with Crippen LogP contribution in [0.3, 0.4) is 0 Å². The van der Waals surface area contributed by atoms with Crippen LogP contribution in [-0.4, -0.2) is 28.5 Å². The van der Waals surface area contributed by atoms with Crippen molar-refractivity contribution >= 4 is 23.3 Å². The van der Waals surface area contributed by atoms with Gasteiger partial charge in [0.25, 0.3) is 5.91 Å². The first kappa shape index (κ1) is 14.3. The molecule has 1 aromatic heterocycles. The number of carboxylic acid groups (broad SMARTS) is 1. The normalized spacial score (nSPS) is 10.1. The monoisotopic (exact) mass is 287 g/mol. The van der Waals surface area contributed by atoms with E-state index in [9.17, 15) is 14.4 Å². The summed E-state index contributed by atoms with van der Waals surface area (Å²) in [6, 6.07) is 8.99. The second-order valence-corrected chi connectivity index (χ2v) is 4.29. The van der Waals surface area contributed by atoms with Crippen LogP contribution in [0.1, 0.15) is 10.4 Å². The average molecular weight is 287 g/mol. The first-order chi connectivity index (χ1) is 9.99. The molecule has 7 heteroatoms. The highest BCUT2D eigenvalue weighted by atomic mass is 16.4. The number of pyridine rings is 1. The Hall–Kier alpha value is -3.09. The van der Waals surface area contributed by atoms with E-state index in [1.54, 1.807) is 24.3 Å². The van der Waals surface area contributed by atoms with Gasteiger partial charge in [0.1, 0.15) is 6.54 Å². The van der Waals surface area contributed by atoms with Crippen LogP contribution in [-0.2, 0) is 4.79 Å². The molecule has 0 aliphatic heterocycles. The molecule has 4 N–H and O–H groups in total. The van der Waals surface area contributed by atoms with E-state index >= 15 is 0 Å². The molecule has 0 aliphatic rings. The number of aliphatic carboxylic acids is 1. The van der Waals surface area contributed by atoms with Crippen LogP contribution >= 0.6 is 0 Å². The lowest BCUT2D eigenvalue weighted by Gasteiger charge is -2.22. The van der Waals surface area contributed by atoms with E-state index in [0.717, 1.165) is 4.90 Å². The number of nitrogens with zero attached hydrogens (tertiary/aromatic N) is 1. The van der Waals surface area contributed by atoms with Gasteiger partial charge in [-0.3, -0.25) is 19.3 Å². The Bertz CT molecular complexity index is 718. The average Bonchev–Trinajstić information content (AvgIpc) is 2.45. The molecule has 7 nitrogen and oxygen atoms in total. The van der Waals surface area contributed by atoms with E-state index < -0.39 is 18.4 Å². The maximum Gasteiger partial charge on any atom is 0.323 e. The third-order valence-electron chi connectivity index (χ3n) is 2.80. The summed E-state index contributed by atoms with van der Waals surface area (Å²) in [6.45, 7) is -0.536. The maximum atomic E-state index is 12.4. The van der Waals surface area contributed by atoms with Crippen molar-refractivity contribution in [1.82, 2.24) is 4.98 Å². The van der Waals surface area contributed by atoms with Crippen LogP contribution in [0.15, 0.2) is 47.4 Å². The molecule has 2 rings (SSSR count). The van der Waals surface area contributed by atoms with Gasteiger partial charge in [-0.2, -0.15) is 0 Å². The molecule has 0 bridgehead atoms. The zero-order chi connectivity index (χ0) is 15.4. The minimum Gasteiger partial charge on any atom is -0.480 e. The summed E-state index contributed by atoms with van der Waals surface area (Å²) in [5.41, 5.74) is 6.20. The number of aromatic amines is 1. The van der Waals surface area contributed by atoms with Gasteiger partial charge in [-0.25, -0.2) is 0 Å². The predicted molar refractivity (Wildman–Crippen MR) is 77.2 cm³/mol. The number of carbonyl (C=O) groups excluding carboxylic acids is 1. The van der Waals surface area contributed by atoms with Gasteiger partial charge in [-0.15, -0.1) is 0 Å². The number of amides is 1. The van der Waals surface area contributed by atoms with E-state index in [-0.39, 0.29) is 16.8 Å². The molecule has 21 heavy (non-hydrogen) atoms. The number of carbonyl (C=O) groups is 2. The summed E-state index contributed by atoms with van der Waals surface area (Å²) in [4.78, 5) is 37.9. The van der Waals surface area contributed by atoms with Crippen molar-refractivity contribution in [2.75, 3.05) is 17.2 Å². The van der Waals surface area contributed by atoms with Crippen molar-refractivity contribution in [1.29, 1.82) is 0 Å². The van der Waals surface area contributed by atoms with Crippen LogP contribution in [0.5, 0.6) is 0 Å². The summed E-state index contributed by atoms with van der Waals surface area (Å²) in [7, 11) is 0. The number of aromatic nitrogens is 1. The highest BCUT2D eigenvalue weighted by molar-refractivity contribution is 6.09. The summed E-state index contributed by atoms with van der Waals surface area (Å²) in [6.07, 6.45) is 1.23. The molecule has 1 aromatic carbocycles. The SMILES string of the molecule is Nc1ccccc1N(CC(=O)O)C(=O)c1ccc(=O)[nH]c1. The van der Waals surface area contributed by atoms with Gasteiger partial charge >= 0.3 is 5.97 Å². The first-order valence-electron chi connectivity index (χ1n) is 6.06. The largest absolute Gasteiger partial charge is 0.480 e. The molecular formula is C14H13N3O4. The number of carboxylic acids is 1. The fourth-order valence-electron chi connectivity index (χ4n) is 1.83. The Morgan fingerprint density at radius 2 is 1.90 bits per heavy atom. The summed E-state index contributed by atoms with van der Waals surface area (Å²) >= 11 is 0. The molecule has 1 amide bonds. The summed E-state index contributed by atoms with van der Waals surface area (Å²) in [5.74, 6) is -1.73. The Kier molecular flexibility index (Phi) is 4.03. The number of para-hydroxylation sites is 2. The lowest BCUT2D eigenvalue weighted by Crippen LogP contribution is -2.36. The minimum atomic E-state index is -1.17. The Balaban J connectivity index is 2.43. The lowest BCUT2D eigenvalue weighted by atomic mass is 10.2. The second-order valence-electron chi connectivity index (χ2n) is 4.29. The number of hydrogen-bond acceptors (Lipinski definition) is 4. The molecule has 0 radical (unpaired) electrons. The Morgan fingerprint density at radius 3 is 2.48 bits per heavy atom. The number of benzene rings is 1. The second kappa shape index (κ2) is 5.91. The molecule has 2 aromatic rings. The van der Waals surface area contributed by atoms with Crippen molar-refractivity contribution in [3.63, 3.8) is 0 Å². The standard InChI is InChI=1S/C14H13N3O4/c15-10-3-1-2-4-11(10)17(8-13(19)20)14(21)9-5-6-12(18)16-7-9/h1-7H,8,15H2,(H,16,18)(H,19,20). The molecule has 0 aliphatic carbocycles. The molecule has 0 unspecified atom stereocenters. The van der Waals surface area contributed by atoms with Gasteiger partial charge in [-0.05, 0) is 18.2 Å². The topological polar surface area (TPSA) is 116 Å². The van der Waals surface area contributed by atoms with Crippen LogP contribution < -0.4 is 16.2 Å². The lowest BCUT2D eigenvalue weighted by molar-refractivity contribution is -0.135. The molecule has 108 valence electrons. The third kappa shape index (κ3) is 3.27. The number of nitrogen functional groups attached to an aromatic ring is 1. The van der Waals surface area contributed by atoms with Crippen LogP contribution in [0.25, 0.3) is 0 Å². The van der Waals surface area contributed by atoms with E-state index in [1.165, 1.54) is 18.3 Å². The Morgan fingerprint density at radius 1 is 1.19 bits per heavy atom. The van der Waals surface area contributed by atoms with Gasteiger partial charge in [0.2, 0.25) is 5.56 Å². The number of rotatable bonds is 4. The fourth-order valence-corrected chi connectivity index (χ4v) is 1.83. The van der Waals surface area contributed by atoms with E-state index in [1.807, 2.05) is 0 Å². The molecule has 1 heterocycles. The highest BCUT2D eigenvalue weighted by Gasteiger charge is 2.22. The van der Waals surface area contributed by atoms with E-state index in [0.29, 0.717) is 5.69 Å². The number of nitrogens with two attached hydrogens (primary N) is 1. The molecular weight excluding hydrogens is 274 g/mol. The van der Waals surface area contributed by atoms with Gasteiger partial charge in [0, 0.05) is 12.3 Å².